The zero-order valence-electron chi connectivity index (χ0n) is 6.02. The number of hydrogen-bond donors (Lipinski definition) is 1. The quantitative estimate of drug-likeness (QED) is 0.717. The molecule has 0 bridgehead atoms. The topological polar surface area (TPSA) is 54.4 Å². The second kappa shape index (κ2) is 4.08. The molecule has 0 heterocycles. The third kappa shape index (κ3) is 7.04. The molecule has 0 fully saturated rings. The lowest BCUT2D eigenvalue weighted by molar-refractivity contribution is -0.154. The van der Waals surface area contributed by atoms with Gasteiger partial charge < -0.3 is 5.11 Å². The Labute approximate surface area is 66.2 Å². The Kier molecular flexibility index (Phi) is 3.72. The summed E-state index contributed by atoms with van der Waals surface area (Å²) < 4.78 is 34.4. The van der Waals surface area contributed by atoms with Crippen molar-refractivity contribution in [2.75, 3.05) is 0 Å². The first-order valence-corrected chi connectivity index (χ1v) is 3.11. The monoisotopic (exact) mass is 184 g/mol. The van der Waals surface area contributed by atoms with Crippen LogP contribution in [-0.4, -0.2) is 23.0 Å². The third-order valence-electron chi connectivity index (χ3n) is 1.02. The van der Waals surface area contributed by atoms with E-state index in [0.29, 0.717) is 0 Å². The minimum absolute atomic E-state index is 0.547. The first kappa shape index (κ1) is 10.9. The molecule has 0 atom stereocenters. The Bertz CT molecular complexity index is 185. The van der Waals surface area contributed by atoms with Gasteiger partial charge in [-0.3, -0.25) is 9.59 Å². The molecule has 70 valence electrons. The fourth-order valence-corrected chi connectivity index (χ4v) is 0.558. The molecule has 0 unspecified atom stereocenters. The van der Waals surface area contributed by atoms with Crippen LogP contribution in [0.4, 0.5) is 13.2 Å². The molecule has 0 aliphatic rings. The van der Waals surface area contributed by atoms with Crippen LogP contribution in [-0.2, 0) is 9.59 Å². The summed E-state index contributed by atoms with van der Waals surface area (Å²) in [5, 5.41) is 8.03. The molecule has 12 heavy (non-hydrogen) atoms. The molecule has 3 nitrogen and oxygen atoms in total. The average molecular weight is 184 g/mol. The lowest BCUT2D eigenvalue weighted by atomic mass is 10.1. The fraction of sp³-hybridized carbons (Fsp3) is 0.667. The van der Waals surface area contributed by atoms with Gasteiger partial charge in [0.2, 0.25) is 0 Å². The van der Waals surface area contributed by atoms with Crippen molar-refractivity contribution >= 4 is 11.8 Å². The number of Topliss-reactive ketones (excluding diaryl/α,β-unsaturated/α-hetero) is 1. The van der Waals surface area contributed by atoms with Crippen molar-refractivity contribution in [1.82, 2.24) is 0 Å². The predicted octanol–water partition coefficient (Wildman–Crippen LogP) is 1.37. The molecular formula is C6H7F3O3. The van der Waals surface area contributed by atoms with Crippen molar-refractivity contribution in [1.29, 1.82) is 0 Å². The highest BCUT2D eigenvalue weighted by molar-refractivity contribution is 5.82. The number of rotatable bonds is 4. The van der Waals surface area contributed by atoms with E-state index < -0.39 is 37.2 Å². The largest absolute Gasteiger partial charge is 0.481 e. The van der Waals surface area contributed by atoms with E-state index in [0.717, 1.165) is 0 Å². The number of hydrogen-bond acceptors (Lipinski definition) is 2. The molecule has 0 aromatic carbocycles. The van der Waals surface area contributed by atoms with E-state index in [1.54, 1.807) is 0 Å². The van der Waals surface area contributed by atoms with E-state index in [1.165, 1.54) is 0 Å². The van der Waals surface area contributed by atoms with Gasteiger partial charge in [0.25, 0.3) is 0 Å². The lowest BCUT2D eigenvalue weighted by Gasteiger charge is -2.03. The summed E-state index contributed by atoms with van der Waals surface area (Å²) in [6.45, 7) is 0. The third-order valence-corrected chi connectivity index (χ3v) is 1.02. The summed E-state index contributed by atoms with van der Waals surface area (Å²) >= 11 is 0. The van der Waals surface area contributed by atoms with Crippen molar-refractivity contribution in [3.05, 3.63) is 0 Å². The van der Waals surface area contributed by atoms with Crippen LogP contribution >= 0.6 is 0 Å². The summed E-state index contributed by atoms with van der Waals surface area (Å²) in [4.78, 5) is 20.2. The van der Waals surface area contributed by atoms with Crippen LogP contribution in [0, 0.1) is 0 Å². The predicted molar refractivity (Wildman–Crippen MR) is 32.5 cm³/mol. The average Bonchev–Trinajstić information content (AvgIpc) is 1.79. The van der Waals surface area contributed by atoms with Crippen LogP contribution in [0.2, 0.25) is 0 Å². The number of ketones is 1. The normalized spacial score (nSPS) is 11.2. The molecule has 0 aliphatic carbocycles. The Morgan fingerprint density at radius 3 is 2.00 bits per heavy atom. The highest BCUT2D eigenvalue weighted by Gasteiger charge is 2.30. The van der Waals surface area contributed by atoms with Gasteiger partial charge in [-0.1, -0.05) is 0 Å². The van der Waals surface area contributed by atoms with Crippen molar-refractivity contribution < 1.29 is 27.9 Å². The van der Waals surface area contributed by atoms with Crippen LogP contribution in [0.3, 0.4) is 0 Å². The number of aliphatic carboxylic acids is 1. The van der Waals surface area contributed by atoms with Gasteiger partial charge >= 0.3 is 12.1 Å². The van der Waals surface area contributed by atoms with Crippen molar-refractivity contribution in [3.8, 4) is 0 Å². The maximum absolute atomic E-state index is 11.5. The Balaban J connectivity index is 3.68. The number of carbonyl (C=O) groups is 2. The summed E-state index contributed by atoms with van der Waals surface area (Å²) in [6, 6.07) is 0. The van der Waals surface area contributed by atoms with Gasteiger partial charge in [-0.25, -0.2) is 0 Å². The minimum Gasteiger partial charge on any atom is -0.481 e. The van der Waals surface area contributed by atoms with E-state index in [-0.39, 0.29) is 0 Å². The number of halogens is 3. The van der Waals surface area contributed by atoms with Gasteiger partial charge in [0, 0.05) is 6.42 Å². The zero-order valence-corrected chi connectivity index (χ0v) is 6.02. The molecule has 1 N–H and O–H groups in total. The van der Waals surface area contributed by atoms with Crippen LogP contribution in [0.25, 0.3) is 0 Å². The molecule has 0 amide bonds. The molecule has 0 aromatic rings. The lowest BCUT2D eigenvalue weighted by Crippen LogP contribution is -2.15. The molecular weight excluding hydrogens is 177 g/mol. The number of carbonyl (C=O) groups excluding carboxylic acids is 1. The summed E-state index contributed by atoms with van der Waals surface area (Å²) in [5.74, 6) is -2.37. The fourth-order valence-electron chi connectivity index (χ4n) is 0.558. The van der Waals surface area contributed by atoms with Gasteiger partial charge in [0.1, 0.15) is 12.2 Å². The van der Waals surface area contributed by atoms with Crippen LogP contribution in [0.15, 0.2) is 0 Å². The van der Waals surface area contributed by atoms with E-state index in [1.807, 2.05) is 0 Å². The van der Waals surface area contributed by atoms with Crippen LogP contribution in [0.5, 0.6) is 0 Å². The van der Waals surface area contributed by atoms with Gasteiger partial charge in [-0.05, 0) is 0 Å². The maximum atomic E-state index is 11.5. The SMILES string of the molecule is O=C(O)CCC(=O)CC(F)(F)F. The zero-order chi connectivity index (χ0) is 9.78. The van der Waals surface area contributed by atoms with Crippen LogP contribution in [0.1, 0.15) is 19.3 Å². The summed E-state index contributed by atoms with van der Waals surface area (Å²) in [5.41, 5.74) is 0. The molecule has 0 saturated heterocycles. The van der Waals surface area contributed by atoms with Gasteiger partial charge in [0.15, 0.2) is 0 Å². The Hall–Kier alpha value is -1.07. The molecule has 0 saturated carbocycles. The van der Waals surface area contributed by atoms with Crippen molar-refractivity contribution in [2.45, 2.75) is 25.4 Å². The summed E-state index contributed by atoms with van der Waals surface area (Å²) in [7, 11) is 0. The minimum atomic E-state index is -4.53. The molecule has 6 heteroatoms. The van der Waals surface area contributed by atoms with E-state index in [9.17, 15) is 22.8 Å². The number of carboxylic acids is 1. The van der Waals surface area contributed by atoms with E-state index in [4.69, 9.17) is 5.11 Å². The molecule has 0 rings (SSSR count). The summed E-state index contributed by atoms with van der Waals surface area (Å²) in [6.07, 6.45) is -7.18. The first-order valence-electron chi connectivity index (χ1n) is 3.11. The smallest absolute Gasteiger partial charge is 0.395 e. The van der Waals surface area contributed by atoms with E-state index >= 15 is 0 Å². The molecule has 0 radical (unpaired) electrons. The van der Waals surface area contributed by atoms with Gasteiger partial charge in [0.05, 0.1) is 6.42 Å². The van der Waals surface area contributed by atoms with Crippen molar-refractivity contribution in [2.24, 2.45) is 0 Å². The number of alkyl halides is 3. The molecule has 0 aliphatic heterocycles. The van der Waals surface area contributed by atoms with Gasteiger partial charge in [-0.2, -0.15) is 13.2 Å². The van der Waals surface area contributed by atoms with Crippen molar-refractivity contribution in [3.63, 3.8) is 0 Å². The van der Waals surface area contributed by atoms with Gasteiger partial charge in [-0.15, -0.1) is 0 Å². The Morgan fingerprint density at radius 2 is 1.67 bits per heavy atom. The van der Waals surface area contributed by atoms with E-state index in [2.05, 4.69) is 0 Å². The standard InChI is InChI=1S/C6H7F3O3/c7-6(8,9)3-4(10)1-2-5(11)12/h1-3H2,(H,11,12). The maximum Gasteiger partial charge on any atom is 0.395 e. The molecule has 0 aromatic heterocycles. The highest BCUT2D eigenvalue weighted by atomic mass is 19.4. The first-order chi connectivity index (χ1) is 5.31. The second-order valence-electron chi connectivity index (χ2n) is 2.22. The number of carboxylic acid groups (broad SMARTS) is 1. The Morgan fingerprint density at radius 1 is 1.17 bits per heavy atom. The second-order valence-corrected chi connectivity index (χ2v) is 2.22. The van der Waals surface area contributed by atoms with Crippen LogP contribution < -0.4 is 0 Å². The molecule has 0 spiro atoms. The highest BCUT2D eigenvalue weighted by Crippen LogP contribution is 2.20.